The van der Waals surface area contributed by atoms with Crippen molar-refractivity contribution >= 4 is 10.0 Å². The van der Waals surface area contributed by atoms with Crippen LogP contribution in [-0.4, -0.2) is 38.1 Å². The maximum Gasteiger partial charge on any atom is 0.214 e. The van der Waals surface area contributed by atoms with E-state index in [1.165, 1.54) is 4.31 Å². The van der Waals surface area contributed by atoms with Crippen LogP contribution in [0.2, 0.25) is 0 Å². The second kappa shape index (κ2) is 5.09. The van der Waals surface area contributed by atoms with Gasteiger partial charge in [0.1, 0.15) is 0 Å². The fourth-order valence-electron chi connectivity index (χ4n) is 1.70. The molecule has 1 aliphatic rings. The van der Waals surface area contributed by atoms with Crippen molar-refractivity contribution in [2.24, 2.45) is 11.7 Å². The maximum absolute atomic E-state index is 11.8. The quantitative estimate of drug-likeness (QED) is 0.652. The Balaban J connectivity index is 2.63. The van der Waals surface area contributed by atoms with E-state index in [1.54, 1.807) is 13.1 Å². The molecule has 0 saturated heterocycles. The number of likely N-dealkylation sites (N-methyl/N-ethyl adjacent to an activating group) is 1. The minimum absolute atomic E-state index is 0.0141. The molecular formula is C10H20N2O2S. The molecule has 4 nitrogen and oxygen atoms in total. The van der Waals surface area contributed by atoms with E-state index in [0.29, 0.717) is 18.9 Å². The van der Waals surface area contributed by atoms with Crippen molar-refractivity contribution in [3.63, 3.8) is 0 Å². The molecule has 1 unspecified atom stereocenters. The molecule has 1 fully saturated rings. The molecule has 0 aromatic carbocycles. The van der Waals surface area contributed by atoms with Gasteiger partial charge in [0.15, 0.2) is 0 Å². The molecule has 0 radical (unpaired) electrons. The lowest BCUT2D eigenvalue weighted by molar-refractivity contribution is 0.340. The number of hydrogen-bond donors (Lipinski definition) is 1. The largest absolute Gasteiger partial charge is 0.329 e. The van der Waals surface area contributed by atoms with E-state index in [4.69, 9.17) is 5.73 Å². The molecule has 5 heteroatoms. The van der Waals surface area contributed by atoms with E-state index < -0.39 is 10.0 Å². The molecule has 1 aliphatic carbocycles. The summed E-state index contributed by atoms with van der Waals surface area (Å²) in [4.78, 5) is 0. The number of rotatable bonds is 7. The Hall–Kier alpha value is -0.390. The molecule has 2 N–H and O–H groups in total. The first-order valence-electron chi connectivity index (χ1n) is 5.29. The topological polar surface area (TPSA) is 63.4 Å². The lowest BCUT2D eigenvalue weighted by atomic mass is 10.2. The van der Waals surface area contributed by atoms with E-state index in [2.05, 4.69) is 6.58 Å². The molecule has 0 bridgehead atoms. The monoisotopic (exact) mass is 232 g/mol. The van der Waals surface area contributed by atoms with Gasteiger partial charge in [0, 0.05) is 19.6 Å². The van der Waals surface area contributed by atoms with Gasteiger partial charge in [-0.2, -0.15) is 0 Å². The highest BCUT2D eigenvalue weighted by Crippen LogP contribution is 2.35. The fraction of sp³-hybridized carbons (Fsp3) is 0.800. The van der Waals surface area contributed by atoms with Crippen LogP contribution >= 0.6 is 0 Å². The number of allylic oxidation sites excluding steroid dienone is 1. The number of hydrogen-bond acceptors (Lipinski definition) is 3. The van der Waals surface area contributed by atoms with Gasteiger partial charge < -0.3 is 5.73 Å². The van der Waals surface area contributed by atoms with Gasteiger partial charge in [-0.05, 0) is 25.2 Å². The minimum atomic E-state index is -3.16. The Morgan fingerprint density at radius 2 is 2.20 bits per heavy atom. The van der Waals surface area contributed by atoms with Crippen molar-refractivity contribution in [3.8, 4) is 0 Å². The van der Waals surface area contributed by atoms with Crippen molar-refractivity contribution in [1.82, 2.24) is 4.31 Å². The van der Waals surface area contributed by atoms with Gasteiger partial charge in [0.05, 0.1) is 5.75 Å². The van der Waals surface area contributed by atoms with Gasteiger partial charge in [-0.1, -0.05) is 6.08 Å². The molecule has 15 heavy (non-hydrogen) atoms. The van der Waals surface area contributed by atoms with Gasteiger partial charge in [0.2, 0.25) is 10.0 Å². The van der Waals surface area contributed by atoms with E-state index >= 15 is 0 Å². The zero-order valence-corrected chi connectivity index (χ0v) is 10.0. The van der Waals surface area contributed by atoms with Gasteiger partial charge >= 0.3 is 0 Å². The predicted molar refractivity (Wildman–Crippen MR) is 61.9 cm³/mol. The summed E-state index contributed by atoms with van der Waals surface area (Å²) >= 11 is 0. The summed E-state index contributed by atoms with van der Waals surface area (Å²) < 4.78 is 25.1. The first-order valence-corrected chi connectivity index (χ1v) is 6.90. The Bertz CT molecular complexity index is 309. The molecule has 1 atom stereocenters. The first-order chi connectivity index (χ1) is 7.03. The summed E-state index contributed by atoms with van der Waals surface area (Å²) in [5.74, 6) is 0.606. The third-order valence-electron chi connectivity index (χ3n) is 2.89. The Labute approximate surface area is 92.2 Å². The smallest absolute Gasteiger partial charge is 0.214 e. The Morgan fingerprint density at radius 1 is 1.60 bits per heavy atom. The number of sulfonamides is 1. The van der Waals surface area contributed by atoms with Crippen LogP contribution in [0.5, 0.6) is 0 Å². The van der Waals surface area contributed by atoms with Crippen LogP contribution in [0.15, 0.2) is 12.7 Å². The van der Waals surface area contributed by atoms with Gasteiger partial charge in [-0.25, -0.2) is 12.7 Å². The SMILES string of the molecule is C=CCCS(=O)(=O)N(C)C(CN)C1CC1. The highest BCUT2D eigenvalue weighted by molar-refractivity contribution is 7.89. The Kier molecular flexibility index (Phi) is 4.31. The lowest BCUT2D eigenvalue weighted by Gasteiger charge is -2.26. The van der Waals surface area contributed by atoms with Crippen LogP contribution in [0.4, 0.5) is 0 Å². The summed E-state index contributed by atoms with van der Waals surface area (Å²) in [5, 5.41) is 0. The summed E-state index contributed by atoms with van der Waals surface area (Å²) in [6.45, 7) is 3.94. The standard InChI is InChI=1S/C10H20N2O2S/c1-3-4-7-15(13,14)12(2)10(8-11)9-5-6-9/h3,9-10H,1,4-8,11H2,2H3. The molecule has 0 aliphatic heterocycles. The molecular weight excluding hydrogens is 212 g/mol. The second-order valence-corrected chi connectivity index (χ2v) is 6.20. The van der Waals surface area contributed by atoms with Crippen LogP contribution in [0, 0.1) is 5.92 Å². The normalized spacial score (nSPS) is 19.1. The van der Waals surface area contributed by atoms with Crippen molar-refractivity contribution in [2.45, 2.75) is 25.3 Å². The van der Waals surface area contributed by atoms with Crippen molar-refractivity contribution in [2.75, 3.05) is 19.3 Å². The molecule has 88 valence electrons. The minimum Gasteiger partial charge on any atom is -0.329 e. The van der Waals surface area contributed by atoms with Gasteiger partial charge in [-0.3, -0.25) is 0 Å². The van der Waals surface area contributed by atoms with Gasteiger partial charge in [-0.15, -0.1) is 6.58 Å². The van der Waals surface area contributed by atoms with Crippen LogP contribution in [0.25, 0.3) is 0 Å². The maximum atomic E-state index is 11.8. The van der Waals surface area contributed by atoms with E-state index in [-0.39, 0.29) is 11.8 Å². The zero-order chi connectivity index (χ0) is 11.5. The summed E-state index contributed by atoms with van der Waals surface area (Å²) in [5.41, 5.74) is 5.61. The fourth-order valence-corrected chi connectivity index (χ4v) is 3.12. The van der Waals surface area contributed by atoms with Crippen LogP contribution in [0.3, 0.4) is 0 Å². The highest BCUT2D eigenvalue weighted by atomic mass is 32.2. The van der Waals surface area contributed by atoms with Crippen LogP contribution in [-0.2, 0) is 10.0 Å². The van der Waals surface area contributed by atoms with E-state index in [9.17, 15) is 8.42 Å². The van der Waals surface area contributed by atoms with Crippen molar-refractivity contribution in [3.05, 3.63) is 12.7 Å². The number of nitrogens with two attached hydrogens (primary N) is 1. The zero-order valence-electron chi connectivity index (χ0n) is 9.22. The second-order valence-electron chi connectivity index (χ2n) is 4.05. The van der Waals surface area contributed by atoms with Crippen molar-refractivity contribution in [1.29, 1.82) is 0 Å². The predicted octanol–water partition coefficient (Wildman–Crippen LogP) is 0.561. The molecule has 0 heterocycles. The molecule has 0 spiro atoms. The highest BCUT2D eigenvalue weighted by Gasteiger charge is 2.37. The Morgan fingerprint density at radius 3 is 2.60 bits per heavy atom. The molecule has 0 aromatic rings. The molecule has 1 rings (SSSR count). The van der Waals surface area contributed by atoms with E-state index in [0.717, 1.165) is 12.8 Å². The van der Waals surface area contributed by atoms with Crippen molar-refractivity contribution < 1.29 is 8.42 Å². The van der Waals surface area contributed by atoms with Crippen LogP contribution in [0.1, 0.15) is 19.3 Å². The molecule has 0 amide bonds. The van der Waals surface area contributed by atoms with Gasteiger partial charge in [0.25, 0.3) is 0 Å². The summed E-state index contributed by atoms with van der Waals surface area (Å²) in [7, 11) is -1.52. The van der Waals surface area contributed by atoms with E-state index in [1.807, 2.05) is 0 Å². The summed E-state index contributed by atoms with van der Waals surface area (Å²) in [6, 6.07) is -0.0141. The number of nitrogens with zero attached hydrogens (tertiary/aromatic N) is 1. The third-order valence-corrected chi connectivity index (χ3v) is 4.79. The first kappa shape index (κ1) is 12.7. The molecule has 0 aromatic heterocycles. The average Bonchev–Trinajstić information content (AvgIpc) is 3.00. The third kappa shape index (κ3) is 3.29. The average molecular weight is 232 g/mol. The summed E-state index contributed by atoms with van der Waals surface area (Å²) in [6.07, 6.45) is 4.32. The van der Waals surface area contributed by atoms with Crippen LogP contribution < -0.4 is 5.73 Å². The molecule has 1 saturated carbocycles. The lowest BCUT2D eigenvalue weighted by Crippen LogP contribution is -2.44.